The average molecular weight is 547 g/mol. The summed E-state index contributed by atoms with van der Waals surface area (Å²) in [7, 11) is 0. The molecule has 0 aliphatic carbocycles. The lowest BCUT2D eigenvalue weighted by atomic mass is 10.1. The van der Waals surface area contributed by atoms with Crippen molar-refractivity contribution in [1.82, 2.24) is 0 Å². The summed E-state index contributed by atoms with van der Waals surface area (Å²) in [4.78, 5) is 47.6. The fourth-order valence-electron chi connectivity index (χ4n) is 3.57. The molecule has 0 aliphatic heterocycles. The van der Waals surface area contributed by atoms with Crippen LogP contribution >= 0.6 is 11.8 Å². The van der Waals surface area contributed by atoms with E-state index in [9.17, 15) is 39.6 Å². The molecule has 4 N–H and O–H groups in total. The molecule has 4 aromatic carbocycles. The molecule has 0 fully saturated rings. The van der Waals surface area contributed by atoms with Crippen LogP contribution in [0.15, 0.2) is 94.7 Å². The second-order valence-electron chi connectivity index (χ2n) is 7.83. The number of carbonyl (C=O) groups is 4. The van der Waals surface area contributed by atoms with Gasteiger partial charge in [0, 0.05) is 9.79 Å². The van der Waals surface area contributed by atoms with Crippen molar-refractivity contribution in [3.63, 3.8) is 0 Å². The van der Waals surface area contributed by atoms with Gasteiger partial charge in [0.05, 0.1) is 11.1 Å². The topological polar surface area (TPSA) is 168 Å². The van der Waals surface area contributed by atoms with Crippen molar-refractivity contribution < 1.29 is 49.1 Å². The van der Waals surface area contributed by atoms with E-state index in [1.165, 1.54) is 48.2 Å². The molecule has 0 amide bonds. The number of rotatable bonds is 10. The molecule has 0 aliphatic rings. The van der Waals surface area contributed by atoms with Crippen LogP contribution < -0.4 is 9.47 Å². The van der Waals surface area contributed by atoms with Gasteiger partial charge in [-0.25, -0.2) is 19.2 Å². The molecule has 196 valence electrons. The van der Waals surface area contributed by atoms with E-state index in [4.69, 9.17) is 9.47 Å². The Morgan fingerprint density at radius 3 is 1.15 bits per heavy atom. The van der Waals surface area contributed by atoms with Crippen molar-refractivity contribution in [2.45, 2.75) is 9.79 Å². The van der Waals surface area contributed by atoms with Gasteiger partial charge in [-0.2, -0.15) is 0 Å². The number of benzene rings is 4. The van der Waals surface area contributed by atoms with Gasteiger partial charge in [0.25, 0.3) is 0 Å². The Kier molecular flexibility index (Phi) is 7.82. The number of hydrogen-bond acceptors (Lipinski definition) is 7. The predicted molar refractivity (Wildman–Crippen MR) is 138 cm³/mol. The van der Waals surface area contributed by atoms with Crippen LogP contribution in [0.25, 0.3) is 0 Å². The molecule has 10 nitrogen and oxygen atoms in total. The van der Waals surface area contributed by atoms with E-state index in [0.29, 0.717) is 11.5 Å². The van der Waals surface area contributed by atoms with Gasteiger partial charge in [-0.15, -0.1) is 0 Å². The van der Waals surface area contributed by atoms with Crippen molar-refractivity contribution in [2.24, 2.45) is 0 Å². The lowest BCUT2D eigenvalue weighted by molar-refractivity contribution is 0.0649. The van der Waals surface area contributed by atoms with Crippen molar-refractivity contribution in [3.05, 3.63) is 107 Å². The van der Waals surface area contributed by atoms with Crippen LogP contribution in [0, 0.1) is 0 Å². The van der Waals surface area contributed by atoms with E-state index >= 15 is 0 Å². The van der Waals surface area contributed by atoms with Crippen LogP contribution in [-0.2, 0) is 0 Å². The van der Waals surface area contributed by atoms with Gasteiger partial charge < -0.3 is 29.9 Å². The minimum absolute atomic E-state index is 0.0988. The summed E-state index contributed by atoms with van der Waals surface area (Å²) in [5.74, 6) is -5.17. The zero-order valence-electron chi connectivity index (χ0n) is 19.7. The molecule has 0 spiro atoms. The van der Waals surface area contributed by atoms with Crippen LogP contribution in [0.1, 0.15) is 41.4 Å². The first kappa shape index (κ1) is 26.8. The molecule has 4 rings (SSSR count). The molecular weight excluding hydrogens is 528 g/mol. The zero-order valence-corrected chi connectivity index (χ0v) is 20.5. The summed E-state index contributed by atoms with van der Waals surface area (Å²) in [5.41, 5.74) is -1.66. The van der Waals surface area contributed by atoms with Crippen molar-refractivity contribution in [1.29, 1.82) is 0 Å². The lowest BCUT2D eigenvalue weighted by Crippen LogP contribution is -2.09. The fourth-order valence-corrected chi connectivity index (χ4v) is 4.39. The Labute approximate surface area is 224 Å². The largest absolute Gasteiger partial charge is 0.478 e. The summed E-state index contributed by atoms with van der Waals surface area (Å²) in [6, 6.07) is 21.3. The molecule has 39 heavy (non-hydrogen) atoms. The van der Waals surface area contributed by atoms with Crippen LogP contribution in [0.4, 0.5) is 0 Å². The molecule has 0 bridgehead atoms. The first-order valence-corrected chi connectivity index (χ1v) is 11.9. The maximum absolute atomic E-state index is 11.6. The highest BCUT2D eigenvalue weighted by atomic mass is 32.2. The Morgan fingerprint density at radius 2 is 0.846 bits per heavy atom. The minimum Gasteiger partial charge on any atom is -0.478 e. The van der Waals surface area contributed by atoms with Crippen LogP contribution in [0.5, 0.6) is 23.0 Å². The molecule has 0 aromatic heterocycles. The molecule has 11 heteroatoms. The van der Waals surface area contributed by atoms with Crippen molar-refractivity contribution >= 4 is 35.6 Å². The summed E-state index contributed by atoms with van der Waals surface area (Å²) < 4.78 is 11.3. The normalized spacial score (nSPS) is 10.5. The molecule has 0 radical (unpaired) electrons. The summed E-state index contributed by atoms with van der Waals surface area (Å²) in [6.07, 6.45) is 0. The van der Waals surface area contributed by atoms with E-state index in [1.54, 1.807) is 48.5 Å². The fraction of sp³-hybridized carbons (Fsp3) is 0. The van der Waals surface area contributed by atoms with E-state index in [2.05, 4.69) is 0 Å². The molecule has 0 unspecified atom stereocenters. The van der Waals surface area contributed by atoms with Crippen LogP contribution in [-0.4, -0.2) is 44.3 Å². The molecule has 0 atom stereocenters. The van der Waals surface area contributed by atoms with Gasteiger partial charge in [0.15, 0.2) is 0 Å². The third kappa shape index (κ3) is 6.17. The minimum atomic E-state index is -1.42. The summed E-state index contributed by atoms with van der Waals surface area (Å²) in [5, 5.41) is 37.4. The molecular formula is C28H18O10S. The second-order valence-corrected chi connectivity index (χ2v) is 8.97. The maximum Gasteiger partial charge on any atom is 0.340 e. The average Bonchev–Trinajstić information content (AvgIpc) is 2.90. The third-order valence-electron chi connectivity index (χ3n) is 5.28. The highest BCUT2D eigenvalue weighted by Gasteiger charge is 2.22. The number of carboxylic acid groups (broad SMARTS) is 4. The number of carboxylic acids is 4. The Balaban J connectivity index is 1.46. The molecule has 0 saturated heterocycles. The first-order valence-electron chi connectivity index (χ1n) is 11.1. The van der Waals surface area contributed by atoms with Gasteiger partial charge >= 0.3 is 23.9 Å². The van der Waals surface area contributed by atoms with E-state index in [0.717, 1.165) is 9.79 Å². The smallest absolute Gasteiger partial charge is 0.340 e. The van der Waals surface area contributed by atoms with E-state index < -0.39 is 35.0 Å². The SMILES string of the molecule is O=C(O)c1cccc(Oc2ccc(Sc3ccc(Oc4cccc(C(=O)O)c4C(=O)O)cc3)cc2)c1C(=O)O. The lowest BCUT2D eigenvalue weighted by Gasteiger charge is -2.12. The van der Waals surface area contributed by atoms with Gasteiger partial charge in [-0.05, 0) is 72.8 Å². The van der Waals surface area contributed by atoms with Crippen molar-refractivity contribution in [2.75, 3.05) is 0 Å². The monoisotopic (exact) mass is 546 g/mol. The molecule has 4 aromatic rings. The maximum atomic E-state index is 11.6. The first-order chi connectivity index (χ1) is 18.6. The van der Waals surface area contributed by atoms with Gasteiger partial charge in [-0.3, -0.25) is 0 Å². The molecule has 0 saturated carbocycles. The van der Waals surface area contributed by atoms with Crippen molar-refractivity contribution in [3.8, 4) is 23.0 Å². The summed E-state index contributed by atoms with van der Waals surface area (Å²) in [6.45, 7) is 0. The van der Waals surface area contributed by atoms with Gasteiger partial charge in [-0.1, -0.05) is 23.9 Å². The van der Waals surface area contributed by atoms with E-state index in [1.807, 2.05) is 0 Å². The Hall–Kier alpha value is -5.29. The number of aromatic carboxylic acids is 4. The summed E-state index contributed by atoms with van der Waals surface area (Å²) >= 11 is 1.39. The predicted octanol–water partition coefficient (Wildman–Crippen LogP) is 6.22. The molecule has 0 heterocycles. The highest BCUT2D eigenvalue weighted by Crippen LogP contribution is 2.34. The standard InChI is InChI=1S/C28H18O10S/c29-25(30)19-3-1-5-21(23(19)27(33)34)37-15-7-11-17(12-8-15)39-18-13-9-16(10-14-18)38-22-6-2-4-20(26(31)32)24(22)28(35)36/h1-14H,(H,29,30)(H,31,32)(H,33,34)(H,35,36). The van der Waals surface area contributed by atoms with Crippen LogP contribution in [0.3, 0.4) is 0 Å². The van der Waals surface area contributed by atoms with Crippen LogP contribution in [0.2, 0.25) is 0 Å². The third-order valence-corrected chi connectivity index (χ3v) is 6.30. The number of ether oxygens (including phenoxy) is 2. The zero-order chi connectivity index (χ0) is 28.1. The Morgan fingerprint density at radius 1 is 0.487 bits per heavy atom. The van der Waals surface area contributed by atoms with E-state index in [-0.39, 0.29) is 22.6 Å². The van der Waals surface area contributed by atoms with Gasteiger partial charge in [0.1, 0.15) is 34.1 Å². The highest BCUT2D eigenvalue weighted by molar-refractivity contribution is 7.99. The Bertz CT molecular complexity index is 1460. The number of hydrogen-bond donors (Lipinski definition) is 4. The quantitative estimate of drug-likeness (QED) is 0.178. The second kappa shape index (κ2) is 11.4. The van der Waals surface area contributed by atoms with Gasteiger partial charge in [0.2, 0.25) is 0 Å².